The summed E-state index contributed by atoms with van der Waals surface area (Å²) < 4.78 is 4.48. The fraction of sp³-hybridized carbons (Fsp3) is 0.769. The van der Waals surface area contributed by atoms with Crippen LogP contribution < -0.4 is 10.6 Å². The van der Waals surface area contributed by atoms with E-state index < -0.39 is 24.0 Å². The molecule has 0 aliphatic rings. The first-order chi connectivity index (χ1) is 9.26. The van der Waals surface area contributed by atoms with E-state index in [0.29, 0.717) is 12.3 Å². The monoisotopic (exact) mass is 288 g/mol. The Hall–Kier alpha value is -1.79. The van der Waals surface area contributed by atoms with Crippen LogP contribution in [0.25, 0.3) is 0 Å². The number of aliphatic carboxylic acids is 1. The highest BCUT2D eigenvalue weighted by Gasteiger charge is 2.18. The third-order valence-electron chi connectivity index (χ3n) is 2.72. The summed E-state index contributed by atoms with van der Waals surface area (Å²) in [5.74, 6) is -1.21. The van der Waals surface area contributed by atoms with Gasteiger partial charge in [-0.15, -0.1) is 0 Å². The van der Waals surface area contributed by atoms with Crippen LogP contribution >= 0.6 is 0 Å². The number of carboxylic acid groups (broad SMARTS) is 1. The summed E-state index contributed by atoms with van der Waals surface area (Å²) in [5, 5.41) is 13.8. The van der Waals surface area contributed by atoms with Crippen molar-refractivity contribution in [2.24, 2.45) is 11.8 Å². The number of urea groups is 1. The van der Waals surface area contributed by atoms with Gasteiger partial charge in [-0.1, -0.05) is 13.8 Å². The van der Waals surface area contributed by atoms with Crippen molar-refractivity contribution in [3.8, 4) is 0 Å². The second-order valence-electron chi connectivity index (χ2n) is 5.19. The van der Waals surface area contributed by atoms with Crippen LogP contribution in [0.3, 0.4) is 0 Å². The Morgan fingerprint density at radius 3 is 2.25 bits per heavy atom. The predicted octanol–water partition coefficient (Wildman–Crippen LogP) is 0.984. The molecule has 116 valence electrons. The molecule has 0 aromatic carbocycles. The van der Waals surface area contributed by atoms with Crippen molar-refractivity contribution >= 4 is 18.0 Å². The maximum atomic E-state index is 11.6. The number of ether oxygens (including phenoxy) is 1. The summed E-state index contributed by atoms with van der Waals surface area (Å²) >= 11 is 0. The number of carboxylic acids is 1. The summed E-state index contributed by atoms with van der Waals surface area (Å²) in [4.78, 5) is 33.5. The lowest BCUT2D eigenvalue weighted by molar-refractivity contribution is -0.142. The average molecular weight is 288 g/mol. The number of esters is 1. The lowest BCUT2D eigenvalue weighted by atomic mass is 9.94. The quantitative estimate of drug-likeness (QED) is 0.578. The van der Waals surface area contributed by atoms with E-state index in [9.17, 15) is 14.4 Å². The highest BCUT2D eigenvalue weighted by molar-refractivity contribution is 5.83. The number of rotatable bonds is 8. The van der Waals surface area contributed by atoms with Crippen LogP contribution in [0, 0.1) is 11.8 Å². The van der Waals surface area contributed by atoms with Crippen molar-refractivity contribution in [2.75, 3.05) is 13.7 Å². The number of hydrogen-bond acceptors (Lipinski definition) is 4. The van der Waals surface area contributed by atoms with Gasteiger partial charge in [0.25, 0.3) is 0 Å². The maximum Gasteiger partial charge on any atom is 0.328 e. The SMILES string of the molecule is COC(=O)C(C)NC(=O)NCC(CC(=O)O)CC(C)C. The maximum absolute atomic E-state index is 11.6. The first kappa shape index (κ1) is 18.2. The molecular formula is C13H24N2O5. The van der Waals surface area contributed by atoms with Gasteiger partial charge in [0.2, 0.25) is 0 Å². The van der Waals surface area contributed by atoms with Gasteiger partial charge in [-0.3, -0.25) is 4.79 Å². The van der Waals surface area contributed by atoms with E-state index in [2.05, 4.69) is 15.4 Å². The fourth-order valence-corrected chi connectivity index (χ4v) is 1.87. The molecule has 0 bridgehead atoms. The van der Waals surface area contributed by atoms with E-state index in [-0.39, 0.29) is 18.9 Å². The van der Waals surface area contributed by atoms with Gasteiger partial charge in [0.05, 0.1) is 7.11 Å². The Labute approximate surface area is 119 Å². The molecular weight excluding hydrogens is 264 g/mol. The van der Waals surface area contributed by atoms with Gasteiger partial charge in [0, 0.05) is 13.0 Å². The minimum absolute atomic E-state index is 0.00498. The van der Waals surface area contributed by atoms with Crippen LogP contribution in [-0.2, 0) is 14.3 Å². The number of amides is 2. The van der Waals surface area contributed by atoms with Gasteiger partial charge in [-0.05, 0) is 25.2 Å². The number of carbonyl (C=O) groups excluding carboxylic acids is 2. The largest absolute Gasteiger partial charge is 0.481 e. The molecule has 7 nitrogen and oxygen atoms in total. The zero-order valence-corrected chi connectivity index (χ0v) is 12.4. The Bertz CT molecular complexity index is 344. The van der Waals surface area contributed by atoms with Crippen LogP contribution in [0.5, 0.6) is 0 Å². The van der Waals surface area contributed by atoms with Crippen LogP contribution in [0.15, 0.2) is 0 Å². The molecule has 20 heavy (non-hydrogen) atoms. The molecule has 0 saturated carbocycles. The van der Waals surface area contributed by atoms with Crippen LogP contribution in [-0.4, -0.2) is 42.8 Å². The van der Waals surface area contributed by atoms with E-state index in [1.54, 1.807) is 0 Å². The Balaban J connectivity index is 4.22. The first-order valence-corrected chi connectivity index (χ1v) is 6.60. The molecule has 0 fully saturated rings. The third kappa shape index (κ3) is 8.34. The summed E-state index contributed by atoms with van der Waals surface area (Å²) in [6.07, 6.45) is 0.712. The lowest BCUT2D eigenvalue weighted by Crippen LogP contribution is -2.46. The predicted molar refractivity (Wildman–Crippen MR) is 73.2 cm³/mol. The first-order valence-electron chi connectivity index (χ1n) is 6.60. The summed E-state index contributed by atoms with van der Waals surface area (Å²) in [6, 6.07) is -1.26. The summed E-state index contributed by atoms with van der Waals surface area (Å²) in [7, 11) is 1.24. The molecule has 7 heteroatoms. The van der Waals surface area contributed by atoms with E-state index in [1.807, 2.05) is 13.8 Å². The van der Waals surface area contributed by atoms with Crippen molar-refractivity contribution < 1.29 is 24.2 Å². The van der Waals surface area contributed by atoms with Crippen molar-refractivity contribution in [2.45, 2.75) is 39.7 Å². The molecule has 0 aromatic rings. The van der Waals surface area contributed by atoms with Gasteiger partial charge in [-0.25, -0.2) is 9.59 Å². The molecule has 2 unspecified atom stereocenters. The Morgan fingerprint density at radius 2 is 1.80 bits per heavy atom. The van der Waals surface area contributed by atoms with Crippen LogP contribution in [0.4, 0.5) is 4.79 Å². The molecule has 0 rings (SSSR count). The standard InChI is InChI=1S/C13H24N2O5/c1-8(2)5-10(6-11(16)17)7-14-13(19)15-9(3)12(18)20-4/h8-10H,5-7H2,1-4H3,(H,16,17)(H2,14,15,19). The van der Waals surface area contributed by atoms with Gasteiger partial charge in [0.1, 0.15) is 6.04 Å². The smallest absolute Gasteiger partial charge is 0.328 e. The summed E-state index contributed by atoms with van der Waals surface area (Å²) in [6.45, 7) is 5.75. The molecule has 2 atom stereocenters. The molecule has 2 amide bonds. The van der Waals surface area contributed by atoms with Gasteiger partial charge in [-0.2, -0.15) is 0 Å². The van der Waals surface area contributed by atoms with E-state index in [0.717, 1.165) is 0 Å². The minimum Gasteiger partial charge on any atom is -0.481 e. The molecule has 0 spiro atoms. The van der Waals surface area contributed by atoms with Gasteiger partial charge < -0.3 is 20.5 Å². The van der Waals surface area contributed by atoms with E-state index in [4.69, 9.17) is 5.11 Å². The van der Waals surface area contributed by atoms with Crippen LogP contribution in [0.1, 0.15) is 33.6 Å². The van der Waals surface area contributed by atoms with E-state index >= 15 is 0 Å². The number of methoxy groups -OCH3 is 1. The molecule has 0 aliphatic carbocycles. The molecule has 0 radical (unpaired) electrons. The second-order valence-corrected chi connectivity index (χ2v) is 5.19. The summed E-state index contributed by atoms with van der Waals surface area (Å²) in [5.41, 5.74) is 0. The highest BCUT2D eigenvalue weighted by atomic mass is 16.5. The molecule has 3 N–H and O–H groups in total. The van der Waals surface area contributed by atoms with Gasteiger partial charge >= 0.3 is 18.0 Å². The zero-order valence-electron chi connectivity index (χ0n) is 12.4. The fourth-order valence-electron chi connectivity index (χ4n) is 1.87. The highest BCUT2D eigenvalue weighted by Crippen LogP contribution is 2.14. The molecule has 0 aliphatic heterocycles. The Kier molecular flexibility index (Phi) is 8.35. The van der Waals surface area contributed by atoms with Crippen molar-refractivity contribution in [3.05, 3.63) is 0 Å². The molecule has 0 heterocycles. The normalized spacial score (nSPS) is 13.4. The van der Waals surface area contributed by atoms with E-state index in [1.165, 1.54) is 14.0 Å². The van der Waals surface area contributed by atoms with Gasteiger partial charge in [0.15, 0.2) is 0 Å². The number of nitrogens with one attached hydrogen (secondary N) is 2. The zero-order chi connectivity index (χ0) is 15.7. The van der Waals surface area contributed by atoms with Crippen molar-refractivity contribution in [1.82, 2.24) is 10.6 Å². The van der Waals surface area contributed by atoms with Crippen molar-refractivity contribution in [1.29, 1.82) is 0 Å². The Morgan fingerprint density at radius 1 is 1.20 bits per heavy atom. The molecule has 0 saturated heterocycles. The topological polar surface area (TPSA) is 105 Å². The number of carbonyl (C=O) groups is 3. The third-order valence-corrected chi connectivity index (χ3v) is 2.72. The van der Waals surface area contributed by atoms with Crippen LogP contribution in [0.2, 0.25) is 0 Å². The number of hydrogen-bond donors (Lipinski definition) is 3. The second kappa shape index (κ2) is 9.17. The minimum atomic E-state index is -0.888. The average Bonchev–Trinajstić information content (AvgIpc) is 2.33. The molecule has 0 aromatic heterocycles. The van der Waals surface area contributed by atoms with Crippen molar-refractivity contribution in [3.63, 3.8) is 0 Å². The lowest BCUT2D eigenvalue weighted by Gasteiger charge is -2.19.